The van der Waals surface area contributed by atoms with Crippen molar-refractivity contribution in [1.82, 2.24) is 0 Å². The molecular weight excluding hydrogens is 759 g/mol. The lowest BCUT2D eigenvalue weighted by Crippen LogP contribution is -2.30. The van der Waals surface area contributed by atoms with Gasteiger partial charge in [0.1, 0.15) is 0 Å². The van der Waals surface area contributed by atoms with E-state index in [1.807, 2.05) is 0 Å². The van der Waals surface area contributed by atoms with Crippen LogP contribution in [0.2, 0.25) is 0 Å². The third-order valence-electron chi connectivity index (χ3n) is 14.5. The van der Waals surface area contributed by atoms with Gasteiger partial charge in [0.2, 0.25) is 0 Å². The Balaban J connectivity index is 1.22. The summed E-state index contributed by atoms with van der Waals surface area (Å²) >= 11 is 0. The topological polar surface area (TPSA) is 3.24 Å². The standard InChI is InChI=1S/C62H49N/c1-60(2,3)41-34-36-50-56(38-41)62(52-29-16-12-25-46(52)44-23-9-10-24-45(44)47-26-13-17-30-53(47)62)54-31-19-33-58(59(50)54)63(57-32-18-14-22-43(57)40-20-7-6-8-21-40)42-35-37-49-48-27-11-15-28-51(48)61(4,5)55(49)39-42/h6-39H,1-5H3. The molecule has 0 atom stereocenters. The first kappa shape index (κ1) is 37.5. The number of fused-ring (bicyclic) bond motifs is 15. The van der Waals surface area contributed by atoms with Gasteiger partial charge in [-0.25, -0.2) is 0 Å². The fourth-order valence-corrected chi connectivity index (χ4v) is 11.5. The quantitative estimate of drug-likeness (QED) is 0.171. The van der Waals surface area contributed by atoms with Crippen LogP contribution >= 0.6 is 0 Å². The van der Waals surface area contributed by atoms with E-state index in [2.05, 4.69) is 246 Å². The summed E-state index contributed by atoms with van der Waals surface area (Å²) in [4.78, 5) is 2.57. The maximum Gasteiger partial charge on any atom is 0.0726 e. The Kier molecular flexibility index (Phi) is 8.13. The van der Waals surface area contributed by atoms with Crippen molar-refractivity contribution < 1.29 is 0 Å². The molecule has 0 radical (unpaired) electrons. The molecule has 12 rings (SSSR count). The number of rotatable bonds is 4. The van der Waals surface area contributed by atoms with Gasteiger partial charge < -0.3 is 4.90 Å². The highest BCUT2D eigenvalue weighted by Gasteiger charge is 2.51. The molecule has 0 unspecified atom stereocenters. The van der Waals surface area contributed by atoms with E-state index in [1.54, 1.807) is 0 Å². The van der Waals surface area contributed by atoms with E-state index in [1.165, 1.54) is 100 Å². The largest absolute Gasteiger partial charge is 0.309 e. The number of benzene rings is 9. The van der Waals surface area contributed by atoms with Crippen molar-refractivity contribution >= 4 is 17.1 Å². The predicted molar refractivity (Wildman–Crippen MR) is 265 cm³/mol. The Morgan fingerprint density at radius 1 is 0.349 bits per heavy atom. The lowest BCUT2D eigenvalue weighted by molar-refractivity contribution is 0.588. The second kappa shape index (κ2) is 13.6. The van der Waals surface area contributed by atoms with E-state index in [-0.39, 0.29) is 10.8 Å². The third kappa shape index (κ3) is 5.29. The van der Waals surface area contributed by atoms with E-state index in [0.717, 1.165) is 11.4 Å². The molecule has 0 amide bonds. The number of para-hydroxylation sites is 1. The zero-order valence-corrected chi connectivity index (χ0v) is 36.6. The first-order chi connectivity index (χ1) is 30.7. The molecule has 0 N–H and O–H groups in total. The number of hydrogen-bond donors (Lipinski definition) is 0. The molecule has 0 aliphatic heterocycles. The Bertz CT molecular complexity index is 3240. The molecule has 1 nitrogen and oxygen atoms in total. The maximum atomic E-state index is 2.57. The zero-order chi connectivity index (χ0) is 42.7. The second-order valence-corrected chi connectivity index (χ2v) is 19.2. The van der Waals surface area contributed by atoms with Gasteiger partial charge in [0.15, 0.2) is 0 Å². The maximum absolute atomic E-state index is 2.57. The van der Waals surface area contributed by atoms with Gasteiger partial charge in [-0.2, -0.15) is 0 Å². The molecule has 0 fully saturated rings. The molecule has 302 valence electrons. The SMILES string of the molecule is CC(C)(C)c1ccc2c(c1)C1(c3ccccc3-c3ccccc3-c3ccccc31)c1cccc(N(c3ccc4c(c3)C(C)(C)c3ccccc3-4)c3ccccc3-c3ccccc3)c1-2. The molecule has 9 aromatic rings. The fourth-order valence-electron chi connectivity index (χ4n) is 11.5. The molecule has 1 heteroatoms. The summed E-state index contributed by atoms with van der Waals surface area (Å²) in [5.41, 5.74) is 24.7. The summed E-state index contributed by atoms with van der Waals surface area (Å²) in [7, 11) is 0. The van der Waals surface area contributed by atoms with Crippen molar-refractivity contribution in [2.24, 2.45) is 0 Å². The molecule has 0 saturated heterocycles. The van der Waals surface area contributed by atoms with E-state index in [9.17, 15) is 0 Å². The summed E-state index contributed by atoms with van der Waals surface area (Å²) < 4.78 is 0. The average Bonchev–Trinajstić information content (AvgIpc) is 3.70. The summed E-state index contributed by atoms with van der Waals surface area (Å²) in [6.45, 7) is 11.8. The highest BCUT2D eigenvalue weighted by atomic mass is 15.1. The summed E-state index contributed by atoms with van der Waals surface area (Å²) in [5.74, 6) is 0. The minimum atomic E-state index is -0.611. The minimum absolute atomic E-state index is 0.0595. The van der Waals surface area contributed by atoms with Crippen molar-refractivity contribution in [3.63, 3.8) is 0 Å². The van der Waals surface area contributed by atoms with Crippen LogP contribution in [-0.4, -0.2) is 0 Å². The highest BCUT2D eigenvalue weighted by Crippen LogP contribution is 2.64. The Hall–Kier alpha value is -7.22. The van der Waals surface area contributed by atoms with Crippen LogP contribution in [0.25, 0.3) is 55.6 Å². The second-order valence-electron chi connectivity index (χ2n) is 19.2. The lowest BCUT2D eigenvalue weighted by Gasteiger charge is -2.36. The molecule has 9 aromatic carbocycles. The Labute approximate surface area is 372 Å². The average molecular weight is 808 g/mol. The van der Waals surface area contributed by atoms with Crippen molar-refractivity contribution in [3.8, 4) is 55.6 Å². The lowest BCUT2D eigenvalue weighted by atomic mass is 9.65. The molecule has 0 heterocycles. The van der Waals surface area contributed by atoms with Crippen LogP contribution in [0.5, 0.6) is 0 Å². The van der Waals surface area contributed by atoms with Crippen LogP contribution in [0.3, 0.4) is 0 Å². The molecule has 3 aliphatic rings. The summed E-state index contributed by atoms with van der Waals surface area (Å²) in [6.07, 6.45) is 0. The molecule has 0 saturated carbocycles. The van der Waals surface area contributed by atoms with Crippen LogP contribution in [0.15, 0.2) is 206 Å². The number of anilines is 3. The van der Waals surface area contributed by atoms with Gasteiger partial charge in [0.25, 0.3) is 0 Å². The molecule has 3 aliphatic carbocycles. The number of nitrogens with zero attached hydrogens (tertiary/aromatic N) is 1. The normalized spacial score (nSPS) is 14.4. The van der Waals surface area contributed by atoms with Crippen molar-refractivity contribution in [3.05, 3.63) is 245 Å². The van der Waals surface area contributed by atoms with Crippen LogP contribution < -0.4 is 4.90 Å². The van der Waals surface area contributed by atoms with Gasteiger partial charge in [-0.05, 0) is 113 Å². The Morgan fingerprint density at radius 3 is 1.49 bits per heavy atom. The van der Waals surface area contributed by atoms with Gasteiger partial charge in [0, 0.05) is 22.2 Å². The monoisotopic (exact) mass is 807 g/mol. The van der Waals surface area contributed by atoms with Crippen LogP contribution in [0.4, 0.5) is 17.1 Å². The summed E-state index contributed by atoms with van der Waals surface area (Å²) in [6, 6.07) is 78.0. The zero-order valence-electron chi connectivity index (χ0n) is 36.6. The predicted octanol–water partition coefficient (Wildman–Crippen LogP) is 16.4. The van der Waals surface area contributed by atoms with E-state index in [0.29, 0.717) is 0 Å². The third-order valence-corrected chi connectivity index (χ3v) is 14.5. The smallest absolute Gasteiger partial charge is 0.0726 e. The van der Waals surface area contributed by atoms with Crippen LogP contribution in [0.1, 0.15) is 73.6 Å². The highest BCUT2D eigenvalue weighted by molar-refractivity contribution is 6.03. The fraction of sp³-hybridized carbons (Fsp3) is 0.129. The summed E-state index contributed by atoms with van der Waals surface area (Å²) in [5, 5.41) is 0. The molecular formula is C62H49N. The first-order valence-corrected chi connectivity index (χ1v) is 22.4. The Morgan fingerprint density at radius 2 is 0.841 bits per heavy atom. The van der Waals surface area contributed by atoms with Gasteiger partial charge >= 0.3 is 0 Å². The molecule has 63 heavy (non-hydrogen) atoms. The van der Waals surface area contributed by atoms with Gasteiger partial charge in [-0.1, -0.05) is 217 Å². The van der Waals surface area contributed by atoms with Crippen molar-refractivity contribution in [2.45, 2.75) is 50.9 Å². The molecule has 0 bridgehead atoms. The van der Waals surface area contributed by atoms with Crippen molar-refractivity contribution in [1.29, 1.82) is 0 Å². The van der Waals surface area contributed by atoms with Crippen molar-refractivity contribution in [2.75, 3.05) is 4.90 Å². The van der Waals surface area contributed by atoms with Gasteiger partial charge in [0.05, 0.1) is 16.8 Å². The van der Waals surface area contributed by atoms with Gasteiger partial charge in [-0.3, -0.25) is 0 Å². The minimum Gasteiger partial charge on any atom is -0.309 e. The molecule has 0 aromatic heterocycles. The van der Waals surface area contributed by atoms with Gasteiger partial charge in [-0.15, -0.1) is 0 Å². The van der Waals surface area contributed by atoms with E-state index < -0.39 is 5.41 Å². The van der Waals surface area contributed by atoms with E-state index in [4.69, 9.17) is 0 Å². The number of hydrogen-bond acceptors (Lipinski definition) is 1. The van der Waals surface area contributed by atoms with Crippen LogP contribution in [0, 0.1) is 0 Å². The molecule has 1 spiro atoms. The van der Waals surface area contributed by atoms with Crippen LogP contribution in [-0.2, 0) is 16.2 Å². The van der Waals surface area contributed by atoms with E-state index >= 15 is 0 Å². The first-order valence-electron chi connectivity index (χ1n) is 22.4.